The number of hydrogen-bond donors (Lipinski definition) is 2. The van der Waals surface area contributed by atoms with Crippen molar-refractivity contribution in [2.45, 2.75) is 26.2 Å². The fourth-order valence-corrected chi connectivity index (χ4v) is 3.44. The summed E-state index contributed by atoms with van der Waals surface area (Å²) in [5, 5.41) is 3.19. The molecule has 1 aliphatic heterocycles. The summed E-state index contributed by atoms with van der Waals surface area (Å²) in [6.45, 7) is 6.37. The maximum atomic E-state index is 6.05. The minimum Gasteiger partial charge on any atom is -0.370 e. The van der Waals surface area contributed by atoms with Gasteiger partial charge < -0.3 is 16.0 Å². The van der Waals surface area contributed by atoms with Gasteiger partial charge >= 0.3 is 0 Å². The molecular formula is C22H30N4. The lowest BCUT2D eigenvalue weighted by atomic mass is 10.1. The Hall–Kier alpha value is -2.33. The number of rotatable bonds is 7. The Morgan fingerprint density at radius 1 is 1.12 bits per heavy atom. The lowest BCUT2D eigenvalue weighted by Gasteiger charge is -2.15. The van der Waals surface area contributed by atoms with Crippen LogP contribution in [0.1, 0.15) is 24.5 Å². The van der Waals surface area contributed by atoms with Gasteiger partial charge in [0.2, 0.25) is 0 Å². The number of aliphatic imine (C=N–C) groups is 1. The molecule has 0 saturated carbocycles. The van der Waals surface area contributed by atoms with E-state index in [1.165, 1.54) is 24.1 Å². The molecule has 1 atom stereocenters. The second-order valence-electron chi connectivity index (χ2n) is 7.09. The van der Waals surface area contributed by atoms with E-state index in [0.29, 0.717) is 11.9 Å². The normalized spacial score (nSPS) is 18.2. The predicted molar refractivity (Wildman–Crippen MR) is 111 cm³/mol. The highest BCUT2D eigenvalue weighted by molar-refractivity contribution is 5.92. The summed E-state index contributed by atoms with van der Waals surface area (Å²) < 4.78 is 0. The van der Waals surface area contributed by atoms with Crippen LogP contribution in [0.5, 0.6) is 0 Å². The van der Waals surface area contributed by atoms with Crippen molar-refractivity contribution in [3.8, 4) is 0 Å². The maximum absolute atomic E-state index is 6.05. The average Bonchev–Trinajstić information content (AvgIpc) is 3.14. The summed E-state index contributed by atoms with van der Waals surface area (Å²) in [5.41, 5.74) is 9.79. The molecule has 4 heteroatoms. The summed E-state index contributed by atoms with van der Waals surface area (Å²) in [5.74, 6) is 1.12. The van der Waals surface area contributed by atoms with E-state index in [1.54, 1.807) is 0 Å². The monoisotopic (exact) mass is 350 g/mol. The number of aryl methyl sites for hydroxylation is 1. The number of benzene rings is 2. The van der Waals surface area contributed by atoms with Gasteiger partial charge in [-0.2, -0.15) is 0 Å². The number of hydrogen-bond acceptors (Lipinski definition) is 2. The molecule has 1 saturated heterocycles. The van der Waals surface area contributed by atoms with Crippen LogP contribution >= 0.6 is 0 Å². The lowest BCUT2D eigenvalue weighted by Crippen LogP contribution is -2.26. The van der Waals surface area contributed by atoms with Gasteiger partial charge in [0.15, 0.2) is 5.96 Å². The molecule has 1 aliphatic rings. The standard InChI is InChI=1S/C22H30N4/c1-2-18-8-10-21(11-9-18)25-22(23)24-16-20-13-15-26(17-20)14-12-19-6-4-3-5-7-19/h3-11,20H,2,12-17H2,1H3,(H3,23,24,25). The Kier molecular flexibility index (Phi) is 6.67. The maximum Gasteiger partial charge on any atom is 0.193 e. The average molecular weight is 351 g/mol. The lowest BCUT2D eigenvalue weighted by molar-refractivity contribution is 0.330. The number of nitrogens with two attached hydrogens (primary N) is 1. The second kappa shape index (κ2) is 9.39. The zero-order valence-electron chi connectivity index (χ0n) is 15.7. The van der Waals surface area contributed by atoms with Crippen molar-refractivity contribution in [1.29, 1.82) is 0 Å². The molecule has 4 nitrogen and oxygen atoms in total. The van der Waals surface area contributed by atoms with E-state index in [1.807, 2.05) is 0 Å². The van der Waals surface area contributed by atoms with E-state index in [9.17, 15) is 0 Å². The minimum absolute atomic E-state index is 0.511. The van der Waals surface area contributed by atoms with Crippen LogP contribution in [0.3, 0.4) is 0 Å². The highest BCUT2D eigenvalue weighted by Crippen LogP contribution is 2.17. The Morgan fingerprint density at radius 3 is 2.62 bits per heavy atom. The molecule has 0 aromatic heterocycles. The van der Waals surface area contributed by atoms with E-state index in [2.05, 4.69) is 76.7 Å². The molecule has 138 valence electrons. The van der Waals surface area contributed by atoms with Gasteiger partial charge in [-0.05, 0) is 55.0 Å². The molecule has 3 rings (SSSR count). The Morgan fingerprint density at radius 2 is 1.88 bits per heavy atom. The largest absolute Gasteiger partial charge is 0.370 e. The third-order valence-electron chi connectivity index (χ3n) is 5.08. The van der Waals surface area contributed by atoms with Gasteiger partial charge in [0.25, 0.3) is 0 Å². The van der Waals surface area contributed by atoms with Crippen molar-refractivity contribution < 1.29 is 0 Å². The summed E-state index contributed by atoms with van der Waals surface area (Å²) in [6.07, 6.45) is 3.37. The highest BCUT2D eigenvalue weighted by atomic mass is 15.2. The molecule has 0 aliphatic carbocycles. The first-order chi connectivity index (χ1) is 12.7. The molecule has 2 aromatic rings. The molecule has 26 heavy (non-hydrogen) atoms. The summed E-state index contributed by atoms with van der Waals surface area (Å²) >= 11 is 0. The first-order valence-corrected chi connectivity index (χ1v) is 9.65. The van der Waals surface area contributed by atoms with Gasteiger partial charge in [-0.3, -0.25) is 4.99 Å². The molecular weight excluding hydrogens is 320 g/mol. The molecule has 0 amide bonds. The molecule has 1 heterocycles. The molecule has 0 radical (unpaired) electrons. The van der Waals surface area contributed by atoms with Gasteiger partial charge in [0.05, 0.1) is 0 Å². The van der Waals surface area contributed by atoms with Crippen LogP contribution in [0, 0.1) is 5.92 Å². The Balaban J connectivity index is 1.40. The summed E-state index contributed by atoms with van der Waals surface area (Å²) in [7, 11) is 0. The summed E-state index contributed by atoms with van der Waals surface area (Å²) in [6, 6.07) is 19.1. The van der Waals surface area contributed by atoms with Gasteiger partial charge in [-0.15, -0.1) is 0 Å². The number of nitrogens with zero attached hydrogens (tertiary/aromatic N) is 2. The zero-order chi connectivity index (χ0) is 18.2. The zero-order valence-corrected chi connectivity index (χ0v) is 15.7. The van der Waals surface area contributed by atoms with Crippen molar-refractivity contribution in [3.05, 3.63) is 65.7 Å². The molecule has 0 bridgehead atoms. The minimum atomic E-state index is 0.511. The van der Waals surface area contributed by atoms with Gasteiger partial charge in [-0.25, -0.2) is 0 Å². The second-order valence-corrected chi connectivity index (χ2v) is 7.09. The SMILES string of the molecule is CCc1ccc(NC(N)=NCC2CCN(CCc3ccccc3)C2)cc1. The smallest absolute Gasteiger partial charge is 0.193 e. The molecule has 1 unspecified atom stereocenters. The van der Waals surface area contributed by atoms with Gasteiger partial charge in [0, 0.05) is 25.3 Å². The van der Waals surface area contributed by atoms with Crippen LogP contribution < -0.4 is 11.1 Å². The highest BCUT2D eigenvalue weighted by Gasteiger charge is 2.21. The van der Waals surface area contributed by atoms with E-state index in [-0.39, 0.29) is 0 Å². The third kappa shape index (κ3) is 5.60. The first kappa shape index (κ1) is 18.5. The van der Waals surface area contributed by atoms with Crippen LogP contribution in [0.2, 0.25) is 0 Å². The van der Waals surface area contributed by atoms with Crippen LogP contribution in [0.4, 0.5) is 5.69 Å². The molecule has 1 fully saturated rings. The predicted octanol–water partition coefficient (Wildman–Crippen LogP) is 3.54. The van der Waals surface area contributed by atoms with E-state index >= 15 is 0 Å². The quantitative estimate of drug-likeness (QED) is 0.593. The molecule has 3 N–H and O–H groups in total. The van der Waals surface area contributed by atoms with E-state index in [4.69, 9.17) is 5.73 Å². The topological polar surface area (TPSA) is 53.6 Å². The fraction of sp³-hybridized carbons (Fsp3) is 0.409. The van der Waals surface area contributed by atoms with Gasteiger partial charge in [-0.1, -0.05) is 49.4 Å². The number of anilines is 1. The fourth-order valence-electron chi connectivity index (χ4n) is 3.44. The van der Waals surface area contributed by atoms with E-state index in [0.717, 1.165) is 38.2 Å². The Bertz CT molecular complexity index is 694. The van der Waals surface area contributed by atoms with Crippen LogP contribution in [0.15, 0.2) is 59.6 Å². The van der Waals surface area contributed by atoms with E-state index < -0.39 is 0 Å². The first-order valence-electron chi connectivity index (χ1n) is 9.65. The van der Waals surface area contributed by atoms with Crippen molar-refractivity contribution in [2.75, 3.05) is 31.5 Å². The van der Waals surface area contributed by atoms with Crippen LogP contribution in [-0.2, 0) is 12.8 Å². The van der Waals surface area contributed by atoms with Crippen LogP contribution in [-0.4, -0.2) is 37.0 Å². The molecule has 2 aromatic carbocycles. The summed E-state index contributed by atoms with van der Waals surface area (Å²) in [4.78, 5) is 7.10. The van der Waals surface area contributed by atoms with Crippen molar-refractivity contribution >= 4 is 11.6 Å². The number of nitrogens with one attached hydrogen (secondary N) is 1. The van der Waals surface area contributed by atoms with Crippen LogP contribution in [0.25, 0.3) is 0 Å². The van der Waals surface area contributed by atoms with Crippen molar-refractivity contribution in [2.24, 2.45) is 16.6 Å². The van der Waals surface area contributed by atoms with Crippen molar-refractivity contribution in [1.82, 2.24) is 4.90 Å². The molecule has 0 spiro atoms. The Labute approximate surface area is 157 Å². The number of likely N-dealkylation sites (tertiary alicyclic amines) is 1. The number of guanidine groups is 1. The van der Waals surface area contributed by atoms with Gasteiger partial charge in [0.1, 0.15) is 0 Å². The third-order valence-corrected chi connectivity index (χ3v) is 5.08. The van der Waals surface area contributed by atoms with Crippen molar-refractivity contribution in [3.63, 3.8) is 0 Å².